The van der Waals surface area contributed by atoms with Gasteiger partial charge in [0.25, 0.3) is 0 Å². The summed E-state index contributed by atoms with van der Waals surface area (Å²) in [5.74, 6) is 0.947. The number of rotatable bonds is 4. The van der Waals surface area contributed by atoms with E-state index in [0.717, 1.165) is 35.9 Å². The van der Waals surface area contributed by atoms with Crippen molar-refractivity contribution in [3.63, 3.8) is 0 Å². The van der Waals surface area contributed by atoms with E-state index >= 15 is 0 Å². The molecule has 0 spiro atoms. The van der Waals surface area contributed by atoms with Gasteiger partial charge in [-0.2, -0.15) is 0 Å². The highest BCUT2D eigenvalue weighted by molar-refractivity contribution is 9.10. The lowest BCUT2D eigenvalue weighted by Gasteiger charge is -2.37. The molecule has 0 saturated carbocycles. The number of ether oxygens (including phenoxy) is 1. The first-order valence-electron chi connectivity index (χ1n) is 6.62. The summed E-state index contributed by atoms with van der Waals surface area (Å²) in [7, 11) is 0. The quantitative estimate of drug-likeness (QED) is 0.802. The van der Waals surface area contributed by atoms with Gasteiger partial charge in [0, 0.05) is 4.47 Å². The number of carbonyl (C=O) groups is 1. The third-order valence-corrected chi connectivity index (χ3v) is 4.17. The van der Waals surface area contributed by atoms with Crippen molar-refractivity contribution in [2.45, 2.75) is 51.6 Å². The van der Waals surface area contributed by atoms with Gasteiger partial charge >= 0.3 is 0 Å². The Balaban J connectivity index is 2.31. The standard InChI is InChI=1S/C15H19BrO2/c1-3-5-8-15(4-2)10-13(17)12-9-11(16)6-7-14(12)18-15/h6-7,9H,3-5,8,10H2,1-2H3. The molecule has 98 valence electrons. The van der Waals surface area contributed by atoms with Crippen molar-refractivity contribution in [1.29, 1.82) is 0 Å². The normalized spacial score (nSPS) is 22.5. The van der Waals surface area contributed by atoms with E-state index in [4.69, 9.17) is 4.74 Å². The first-order valence-corrected chi connectivity index (χ1v) is 7.41. The Hall–Kier alpha value is -0.830. The van der Waals surface area contributed by atoms with Crippen LogP contribution in [0, 0.1) is 0 Å². The molecule has 1 aromatic rings. The van der Waals surface area contributed by atoms with Crippen molar-refractivity contribution in [2.75, 3.05) is 0 Å². The van der Waals surface area contributed by atoms with Gasteiger partial charge in [0.15, 0.2) is 5.78 Å². The molecule has 0 amide bonds. The van der Waals surface area contributed by atoms with Gasteiger partial charge in [0.05, 0.1) is 12.0 Å². The number of carbonyl (C=O) groups excluding carboxylic acids is 1. The Morgan fingerprint density at radius 1 is 1.39 bits per heavy atom. The fourth-order valence-electron chi connectivity index (χ4n) is 2.48. The molecule has 1 unspecified atom stereocenters. The van der Waals surface area contributed by atoms with Crippen LogP contribution in [0.2, 0.25) is 0 Å². The number of benzene rings is 1. The molecular weight excluding hydrogens is 292 g/mol. The van der Waals surface area contributed by atoms with Gasteiger partial charge < -0.3 is 4.74 Å². The molecule has 0 bridgehead atoms. The zero-order chi connectivity index (χ0) is 13.2. The molecule has 0 fully saturated rings. The Morgan fingerprint density at radius 3 is 2.83 bits per heavy atom. The van der Waals surface area contributed by atoms with Gasteiger partial charge in [0.2, 0.25) is 0 Å². The van der Waals surface area contributed by atoms with Crippen LogP contribution in [0.15, 0.2) is 22.7 Å². The summed E-state index contributed by atoms with van der Waals surface area (Å²) < 4.78 is 7.08. The predicted molar refractivity (Wildman–Crippen MR) is 76.3 cm³/mol. The molecule has 18 heavy (non-hydrogen) atoms. The zero-order valence-corrected chi connectivity index (χ0v) is 12.5. The summed E-state index contributed by atoms with van der Waals surface area (Å²) >= 11 is 3.40. The highest BCUT2D eigenvalue weighted by Crippen LogP contribution is 2.39. The first-order chi connectivity index (χ1) is 8.60. The molecule has 1 aromatic carbocycles. The second-order valence-electron chi connectivity index (χ2n) is 4.98. The highest BCUT2D eigenvalue weighted by atomic mass is 79.9. The van der Waals surface area contributed by atoms with Crippen LogP contribution in [0.3, 0.4) is 0 Å². The minimum Gasteiger partial charge on any atom is -0.486 e. The molecule has 1 heterocycles. The Labute approximate surface area is 117 Å². The minimum atomic E-state index is -0.284. The molecule has 0 saturated heterocycles. The third kappa shape index (κ3) is 2.61. The number of unbranched alkanes of at least 4 members (excludes halogenated alkanes) is 1. The van der Waals surface area contributed by atoms with Gasteiger partial charge in [-0.25, -0.2) is 0 Å². The van der Waals surface area contributed by atoms with E-state index in [9.17, 15) is 4.79 Å². The van der Waals surface area contributed by atoms with Crippen LogP contribution in [-0.4, -0.2) is 11.4 Å². The Morgan fingerprint density at radius 2 is 2.17 bits per heavy atom. The van der Waals surface area contributed by atoms with Crippen molar-refractivity contribution in [2.24, 2.45) is 0 Å². The molecule has 1 aliphatic heterocycles. The SMILES string of the molecule is CCCCC1(CC)CC(=O)c2cc(Br)ccc2O1. The molecule has 1 atom stereocenters. The van der Waals surface area contributed by atoms with Crippen molar-refractivity contribution in [1.82, 2.24) is 0 Å². The van der Waals surface area contributed by atoms with E-state index in [1.807, 2.05) is 18.2 Å². The van der Waals surface area contributed by atoms with Crippen LogP contribution in [-0.2, 0) is 0 Å². The summed E-state index contributed by atoms with van der Waals surface area (Å²) in [6.07, 6.45) is 4.59. The summed E-state index contributed by atoms with van der Waals surface area (Å²) in [4.78, 5) is 12.3. The van der Waals surface area contributed by atoms with E-state index in [-0.39, 0.29) is 11.4 Å². The second kappa shape index (κ2) is 5.43. The minimum absolute atomic E-state index is 0.204. The van der Waals surface area contributed by atoms with Gasteiger partial charge in [-0.15, -0.1) is 0 Å². The molecule has 2 nitrogen and oxygen atoms in total. The van der Waals surface area contributed by atoms with Crippen molar-refractivity contribution in [3.05, 3.63) is 28.2 Å². The largest absolute Gasteiger partial charge is 0.486 e. The third-order valence-electron chi connectivity index (χ3n) is 3.68. The van der Waals surface area contributed by atoms with Crippen molar-refractivity contribution < 1.29 is 9.53 Å². The van der Waals surface area contributed by atoms with E-state index in [1.165, 1.54) is 0 Å². The van der Waals surface area contributed by atoms with Crippen LogP contribution >= 0.6 is 15.9 Å². The lowest BCUT2D eigenvalue weighted by Crippen LogP contribution is -2.41. The second-order valence-corrected chi connectivity index (χ2v) is 5.90. The smallest absolute Gasteiger partial charge is 0.170 e. The molecular formula is C15H19BrO2. The van der Waals surface area contributed by atoms with Crippen molar-refractivity contribution >= 4 is 21.7 Å². The maximum atomic E-state index is 12.3. The van der Waals surface area contributed by atoms with Crippen LogP contribution in [0.4, 0.5) is 0 Å². The lowest BCUT2D eigenvalue weighted by molar-refractivity contribution is 0.0300. The number of halogens is 1. The summed E-state index contributed by atoms with van der Waals surface area (Å²) in [6.45, 7) is 4.27. The van der Waals surface area contributed by atoms with Gasteiger partial charge in [0.1, 0.15) is 11.4 Å². The number of hydrogen-bond acceptors (Lipinski definition) is 2. The van der Waals surface area contributed by atoms with Gasteiger partial charge in [-0.3, -0.25) is 4.79 Å². The maximum Gasteiger partial charge on any atom is 0.170 e. The average Bonchev–Trinajstić information content (AvgIpc) is 2.37. The summed E-state index contributed by atoms with van der Waals surface area (Å²) in [5.41, 5.74) is 0.429. The zero-order valence-electron chi connectivity index (χ0n) is 11.0. The number of ketones is 1. The molecule has 3 heteroatoms. The van der Waals surface area contributed by atoms with Crippen LogP contribution in [0.1, 0.15) is 56.3 Å². The Bertz CT molecular complexity index is 456. The number of hydrogen-bond donors (Lipinski definition) is 0. The fraction of sp³-hybridized carbons (Fsp3) is 0.533. The van der Waals surface area contributed by atoms with E-state index in [2.05, 4.69) is 29.8 Å². The Kier molecular flexibility index (Phi) is 4.10. The van der Waals surface area contributed by atoms with Gasteiger partial charge in [-0.05, 0) is 37.5 Å². The molecule has 2 rings (SSSR count). The first kappa shape index (κ1) is 13.6. The van der Waals surface area contributed by atoms with Crippen LogP contribution < -0.4 is 4.74 Å². The summed E-state index contributed by atoms with van der Waals surface area (Å²) in [6, 6.07) is 5.68. The van der Waals surface area contributed by atoms with Gasteiger partial charge in [-0.1, -0.05) is 36.2 Å². The van der Waals surface area contributed by atoms with E-state index in [0.29, 0.717) is 12.0 Å². The van der Waals surface area contributed by atoms with E-state index in [1.54, 1.807) is 0 Å². The number of Topliss-reactive ketones (excluding diaryl/α,β-unsaturated/α-hetero) is 1. The molecule has 1 aliphatic rings. The lowest BCUT2D eigenvalue weighted by atomic mass is 9.84. The molecule has 0 N–H and O–H groups in total. The van der Waals surface area contributed by atoms with Crippen LogP contribution in [0.5, 0.6) is 5.75 Å². The van der Waals surface area contributed by atoms with Crippen LogP contribution in [0.25, 0.3) is 0 Å². The number of fused-ring (bicyclic) bond motifs is 1. The average molecular weight is 311 g/mol. The highest BCUT2D eigenvalue weighted by Gasteiger charge is 2.38. The molecule has 0 radical (unpaired) electrons. The predicted octanol–water partition coefficient (Wildman–Crippen LogP) is 4.75. The topological polar surface area (TPSA) is 26.3 Å². The monoisotopic (exact) mass is 310 g/mol. The molecule has 0 aromatic heterocycles. The maximum absolute atomic E-state index is 12.3. The fourth-order valence-corrected chi connectivity index (χ4v) is 2.84. The van der Waals surface area contributed by atoms with E-state index < -0.39 is 0 Å². The van der Waals surface area contributed by atoms with Crippen molar-refractivity contribution in [3.8, 4) is 5.75 Å². The summed E-state index contributed by atoms with van der Waals surface area (Å²) in [5, 5.41) is 0. The molecule has 0 aliphatic carbocycles.